The quantitative estimate of drug-likeness (QED) is 0.775. The van der Waals surface area contributed by atoms with Crippen LogP contribution in [0.2, 0.25) is 10.0 Å². The third-order valence-corrected chi connectivity index (χ3v) is 3.23. The predicted octanol–water partition coefficient (Wildman–Crippen LogP) is 3.61. The Labute approximate surface area is 127 Å². The fraction of sp³-hybridized carbons (Fsp3) is 0.385. The van der Waals surface area contributed by atoms with Crippen LogP contribution in [0.4, 0.5) is 10.5 Å². The number of carbonyl (C=O) groups excluding carboxylic acids is 1. The third-order valence-electron chi connectivity index (χ3n) is 2.49. The van der Waals surface area contributed by atoms with E-state index in [0.29, 0.717) is 22.2 Å². The van der Waals surface area contributed by atoms with E-state index in [1.165, 1.54) is 6.07 Å². The fourth-order valence-electron chi connectivity index (χ4n) is 1.59. The van der Waals surface area contributed by atoms with Crippen LogP contribution in [0.1, 0.15) is 20.3 Å². The summed E-state index contributed by atoms with van der Waals surface area (Å²) in [5.74, 6) is -0.913. The molecule has 0 aliphatic rings. The summed E-state index contributed by atoms with van der Waals surface area (Å²) >= 11 is 11.6. The van der Waals surface area contributed by atoms with E-state index in [2.05, 4.69) is 10.6 Å². The minimum atomic E-state index is -1.07. The van der Waals surface area contributed by atoms with E-state index in [1.807, 2.05) is 13.8 Å². The molecule has 0 aliphatic carbocycles. The number of carbonyl (C=O) groups is 2. The summed E-state index contributed by atoms with van der Waals surface area (Å²) < 4.78 is 0. The van der Waals surface area contributed by atoms with Crippen LogP contribution in [-0.4, -0.2) is 23.1 Å². The first-order valence-electron chi connectivity index (χ1n) is 6.05. The molecule has 2 amide bonds. The lowest BCUT2D eigenvalue weighted by molar-refractivity contribution is -0.139. The largest absolute Gasteiger partial charge is 0.480 e. The molecule has 1 aromatic rings. The highest BCUT2D eigenvalue weighted by molar-refractivity contribution is 6.42. The Hall–Kier alpha value is -1.46. The van der Waals surface area contributed by atoms with Crippen molar-refractivity contribution >= 4 is 40.9 Å². The Balaban J connectivity index is 2.65. The minimum Gasteiger partial charge on any atom is -0.480 e. The molecule has 110 valence electrons. The molecule has 0 aromatic heterocycles. The van der Waals surface area contributed by atoms with Crippen LogP contribution in [0.15, 0.2) is 18.2 Å². The number of halogens is 2. The van der Waals surface area contributed by atoms with Gasteiger partial charge in [-0.3, -0.25) is 0 Å². The molecule has 5 nitrogen and oxygen atoms in total. The highest BCUT2D eigenvalue weighted by Crippen LogP contribution is 2.24. The Bertz CT molecular complexity index is 506. The summed E-state index contributed by atoms with van der Waals surface area (Å²) in [6.45, 7) is 3.77. The summed E-state index contributed by atoms with van der Waals surface area (Å²) in [6, 6.07) is 3.07. The molecule has 0 heterocycles. The van der Waals surface area contributed by atoms with Gasteiger partial charge in [-0.05, 0) is 30.5 Å². The monoisotopic (exact) mass is 318 g/mol. The predicted molar refractivity (Wildman–Crippen MR) is 79.5 cm³/mol. The van der Waals surface area contributed by atoms with Gasteiger partial charge >= 0.3 is 12.0 Å². The van der Waals surface area contributed by atoms with Crippen LogP contribution in [0.3, 0.4) is 0 Å². The second-order valence-electron chi connectivity index (χ2n) is 4.75. The summed E-state index contributed by atoms with van der Waals surface area (Å²) in [5, 5.41) is 14.6. The lowest BCUT2D eigenvalue weighted by atomic mass is 10.0. The van der Waals surface area contributed by atoms with E-state index >= 15 is 0 Å². The minimum absolute atomic E-state index is 0.154. The smallest absolute Gasteiger partial charge is 0.326 e. The Morgan fingerprint density at radius 1 is 1.25 bits per heavy atom. The van der Waals surface area contributed by atoms with Crippen molar-refractivity contribution in [1.29, 1.82) is 0 Å². The Kier molecular flexibility index (Phi) is 6.10. The van der Waals surface area contributed by atoms with Crippen LogP contribution >= 0.6 is 23.2 Å². The van der Waals surface area contributed by atoms with Gasteiger partial charge in [0.2, 0.25) is 0 Å². The van der Waals surface area contributed by atoms with E-state index < -0.39 is 18.0 Å². The number of rotatable bonds is 5. The van der Waals surface area contributed by atoms with Crippen molar-refractivity contribution in [2.24, 2.45) is 5.92 Å². The van der Waals surface area contributed by atoms with Crippen LogP contribution in [-0.2, 0) is 4.79 Å². The first-order valence-corrected chi connectivity index (χ1v) is 6.80. The zero-order valence-corrected chi connectivity index (χ0v) is 12.6. The van der Waals surface area contributed by atoms with Crippen LogP contribution in [0.25, 0.3) is 0 Å². The third kappa shape index (κ3) is 5.27. The molecule has 0 radical (unpaired) electrons. The number of carboxylic acid groups (broad SMARTS) is 1. The van der Waals surface area contributed by atoms with Gasteiger partial charge in [-0.25, -0.2) is 9.59 Å². The van der Waals surface area contributed by atoms with Gasteiger partial charge in [0, 0.05) is 5.69 Å². The number of hydrogen-bond donors (Lipinski definition) is 3. The lowest BCUT2D eigenvalue weighted by Gasteiger charge is -2.17. The highest BCUT2D eigenvalue weighted by atomic mass is 35.5. The first kappa shape index (κ1) is 16.6. The molecular weight excluding hydrogens is 303 g/mol. The second kappa shape index (κ2) is 7.36. The highest BCUT2D eigenvalue weighted by Gasteiger charge is 2.21. The molecular formula is C13H16Cl2N2O3. The van der Waals surface area contributed by atoms with Crippen LogP contribution in [0.5, 0.6) is 0 Å². The normalized spacial score (nSPS) is 12.1. The zero-order chi connectivity index (χ0) is 15.3. The van der Waals surface area contributed by atoms with Crippen molar-refractivity contribution in [3.63, 3.8) is 0 Å². The van der Waals surface area contributed by atoms with Crippen molar-refractivity contribution in [3.05, 3.63) is 28.2 Å². The molecule has 0 aliphatic heterocycles. The van der Waals surface area contributed by atoms with E-state index in [9.17, 15) is 9.59 Å². The molecule has 0 unspecified atom stereocenters. The van der Waals surface area contributed by atoms with E-state index in [1.54, 1.807) is 12.1 Å². The number of urea groups is 1. The van der Waals surface area contributed by atoms with Crippen molar-refractivity contribution in [3.8, 4) is 0 Å². The van der Waals surface area contributed by atoms with Gasteiger partial charge in [-0.15, -0.1) is 0 Å². The number of aliphatic carboxylic acids is 1. The van der Waals surface area contributed by atoms with Gasteiger partial charge in [-0.2, -0.15) is 0 Å². The maximum absolute atomic E-state index is 11.7. The topological polar surface area (TPSA) is 78.4 Å². The average Bonchev–Trinajstić information content (AvgIpc) is 2.32. The fourth-order valence-corrected chi connectivity index (χ4v) is 1.89. The lowest BCUT2D eigenvalue weighted by Crippen LogP contribution is -2.43. The number of benzene rings is 1. The van der Waals surface area contributed by atoms with Crippen molar-refractivity contribution in [2.45, 2.75) is 26.3 Å². The molecule has 0 saturated carbocycles. The van der Waals surface area contributed by atoms with Gasteiger partial charge in [0.1, 0.15) is 6.04 Å². The zero-order valence-electron chi connectivity index (χ0n) is 11.1. The van der Waals surface area contributed by atoms with E-state index in [-0.39, 0.29) is 5.92 Å². The number of carboxylic acids is 1. The molecule has 0 bridgehead atoms. The summed E-state index contributed by atoms with van der Waals surface area (Å²) in [4.78, 5) is 22.8. The van der Waals surface area contributed by atoms with Crippen molar-refractivity contribution in [2.75, 3.05) is 5.32 Å². The number of anilines is 1. The number of amides is 2. The van der Waals surface area contributed by atoms with E-state index in [4.69, 9.17) is 28.3 Å². The standard InChI is InChI=1S/C13H16Cl2N2O3/c1-7(2)5-11(12(18)19)17-13(20)16-8-3-4-9(14)10(15)6-8/h3-4,6-7,11H,5H2,1-2H3,(H,18,19)(H2,16,17,20)/t11-/m1/s1. The molecule has 0 spiro atoms. The van der Waals surface area contributed by atoms with Crippen molar-refractivity contribution < 1.29 is 14.7 Å². The molecule has 1 rings (SSSR count). The summed E-state index contributed by atoms with van der Waals surface area (Å²) in [5.41, 5.74) is 0.436. The van der Waals surface area contributed by atoms with Gasteiger partial charge in [0.25, 0.3) is 0 Å². The number of nitrogens with one attached hydrogen (secondary N) is 2. The molecule has 3 N–H and O–H groups in total. The maximum atomic E-state index is 11.7. The van der Waals surface area contributed by atoms with Crippen LogP contribution < -0.4 is 10.6 Å². The molecule has 0 saturated heterocycles. The first-order chi connectivity index (χ1) is 9.29. The number of hydrogen-bond acceptors (Lipinski definition) is 2. The van der Waals surface area contributed by atoms with E-state index in [0.717, 1.165) is 0 Å². The van der Waals surface area contributed by atoms with Gasteiger partial charge in [0.15, 0.2) is 0 Å². The molecule has 1 aromatic carbocycles. The Morgan fingerprint density at radius 3 is 2.40 bits per heavy atom. The second-order valence-corrected chi connectivity index (χ2v) is 5.56. The van der Waals surface area contributed by atoms with Gasteiger partial charge in [-0.1, -0.05) is 37.0 Å². The maximum Gasteiger partial charge on any atom is 0.326 e. The van der Waals surface area contributed by atoms with Crippen molar-refractivity contribution in [1.82, 2.24) is 5.32 Å². The molecule has 0 fully saturated rings. The summed E-state index contributed by atoms with van der Waals surface area (Å²) in [6.07, 6.45) is 0.351. The molecule has 7 heteroatoms. The SMILES string of the molecule is CC(C)C[C@@H](NC(=O)Nc1ccc(Cl)c(Cl)c1)C(=O)O. The summed E-state index contributed by atoms with van der Waals surface area (Å²) in [7, 11) is 0. The molecule has 20 heavy (non-hydrogen) atoms. The molecule has 1 atom stereocenters. The van der Waals surface area contributed by atoms with Crippen LogP contribution in [0, 0.1) is 5.92 Å². The Morgan fingerprint density at radius 2 is 1.90 bits per heavy atom. The average molecular weight is 319 g/mol. The van der Waals surface area contributed by atoms with Gasteiger partial charge < -0.3 is 15.7 Å². The van der Waals surface area contributed by atoms with Gasteiger partial charge in [0.05, 0.1) is 10.0 Å².